The van der Waals surface area contributed by atoms with Crippen molar-refractivity contribution >= 4 is 21.7 Å². The van der Waals surface area contributed by atoms with Crippen LogP contribution < -0.4 is 15.4 Å². The van der Waals surface area contributed by atoms with Crippen LogP contribution in [0.15, 0.2) is 53.7 Å². The van der Waals surface area contributed by atoms with Gasteiger partial charge in [0.25, 0.3) is 0 Å². The first kappa shape index (κ1) is 22.2. The largest absolute Gasteiger partial charge is 0.384 e. The SMILES string of the molecule is COCC1CCC(NS(=O)(=O)c2ccc(NC(=O)NCc3cccnc3)cc2)CC1. The molecule has 1 aliphatic rings. The number of hydrogen-bond acceptors (Lipinski definition) is 5. The second-order valence-electron chi connectivity index (χ2n) is 7.49. The highest BCUT2D eigenvalue weighted by atomic mass is 32.2. The first-order chi connectivity index (χ1) is 14.5. The van der Waals surface area contributed by atoms with Gasteiger partial charge in [0.2, 0.25) is 10.0 Å². The predicted octanol–water partition coefficient (Wildman–Crippen LogP) is 2.89. The van der Waals surface area contributed by atoms with Gasteiger partial charge in [-0.1, -0.05) is 6.07 Å². The molecular formula is C21H28N4O4S. The maximum Gasteiger partial charge on any atom is 0.319 e. The molecule has 0 unspecified atom stereocenters. The number of pyridine rings is 1. The summed E-state index contributed by atoms with van der Waals surface area (Å²) in [5.74, 6) is 0.505. The van der Waals surface area contributed by atoms with Gasteiger partial charge in [-0.25, -0.2) is 17.9 Å². The monoisotopic (exact) mass is 432 g/mol. The number of urea groups is 1. The van der Waals surface area contributed by atoms with E-state index in [4.69, 9.17) is 4.74 Å². The predicted molar refractivity (Wildman–Crippen MR) is 114 cm³/mol. The summed E-state index contributed by atoms with van der Waals surface area (Å²) < 4.78 is 33.3. The fourth-order valence-corrected chi connectivity index (χ4v) is 4.85. The van der Waals surface area contributed by atoms with Crippen molar-refractivity contribution in [3.05, 3.63) is 54.4 Å². The molecule has 2 amide bonds. The van der Waals surface area contributed by atoms with E-state index in [0.717, 1.165) is 37.9 Å². The fourth-order valence-electron chi connectivity index (χ4n) is 3.55. The van der Waals surface area contributed by atoms with Crippen LogP contribution in [0.25, 0.3) is 0 Å². The molecule has 162 valence electrons. The van der Waals surface area contributed by atoms with Gasteiger partial charge in [0.1, 0.15) is 0 Å². The van der Waals surface area contributed by atoms with Gasteiger partial charge in [0, 0.05) is 44.4 Å². The summed E-state index contributed by atoms with van der Waals surface area (Å²) in [6, 6.07) is 9.38. The zero-order chi connectivity index (χ0) is 21.4. The van der Waals surface area contributed by atoms with E-state index < -0.39 is 10.0 Å². The molecule has 3 rings (SSSR count). The maximum atomic E-state index is 12.7. The van der Waals surface area contributed by atoms with Gasteiger partial charge in [0.05, 0.1) is 4.90 Å². The molecule has 1 saturated carbocycles. The van der Waals surface area contributed by atoms with Gasteiger partial charge < -0.3 is 15.4 Å². The van der Waals surface area contributed by atoms with Crippen LogP contribution in [0, 0.1) is 5.92 Å². The molecule has 1 aliphatic carbocycles. The number of anilines is 1. The van der Waals surface area contributed by atoms with Crippen molar-refractivity contribution in [2.75, 3.05) is 19.0 Å². The number of hydrogen-bond donors (Lipinski definition) is 3. The zero-order valence-electron chi connectivity index (χ0n) is 17.0. The van der Waals surface area contributed by atoms with E-state index in [0.29, 0.717) is 18.2 Å². The van der Waals surface area contributed by atoms with Crippen molar-refractivity contribution in [3.8, 4) is 0 Å². The molecule has 1 fully saturated rings. The smallest absolute Gasteiger partial charge is 0.319 e. The third-order valence-corrected chi connectivity index (χ3v) is 6.71. The molecule has 3 N–H and O–H groups in total. The summed E-state index contributed by atoms with van der Waals surface area (Å²) in [6.07, 6.45) is 6.88. The zero-order valence-corrected chi connectivity index (χ0v) is 17.8. The number of aromatic nitrogens is 1. The third-order valence-electron chi connectivity index (χ3n) is 5.17. The lowest BCUT2D eigenvalue weighted by molar-refractivity contribution is 0.126. The minimum atomic E-state index is -3.60. The summed E-state index contributed by atoms with van der Waals surface area (Å²) in [5.41, 5.74) is 1.40. The number of ether oxygens (including phenoxy) is 1. The maximum absolute atomic E-state index is 12.7. The van der Waals surface area contributed by atoms with E-state index in [1.54, 1.807) is 37.7 Å². The van der Waals surface area contributed by atoms with Gasteiger partial charge >= 0.3 is 6.03 Å². The van der Waals surface area contributed by atoms with Crippen molar-refractivity contribution < 1.29 is 17.9 Å². The molecule has 1 aromatic carbocycles. The van der Waals surface area contributed by atoms with Crippen LogP contribution in [0.1, 0.15) is 31.2 Å². The van der Waals surface area contributed by atoms with Crippen molar-refractivity contribution in [1.82, 2.24) is 15.0 Å². The average Bonchev–Trinajstić information content (AvgIpc) is 2.75. The number of carbonyl (C=O) groups excluding carboxylic acids is 1. The highest BCUT2D eigenvalue weighted by Crippen LogP contribution is 2.25. The normalized spacial score (nSPS) is 19.2. The molecule has 0 atom stereocenters. The Morgan fingerprint density at radius 3 is 2.50 bits per heavy atom. The van der Waals surface area contributed by atoms with E-state index in [2.05, 4.69) is 20.3 Å². The Bertz CT molecular complexity index is 912. The molecule has 2 aromatic rings. The molecule has 0 aliphatic heterocycles. The van der Waals surface area contributed by atoms with Crippen LogP contribution in [0.5, 0.6) is 0 Å². The molecule has 1 heterocycles. The fraction of sp³-hybridized carbons (Fsp3) is 0.429. The Balaban J connectivity index is 1.49. The molecule has 0 bridgehead atoms. The number of nitrogens with one attached hydrogen (secondary N) is 3. The van der Waals surface area contributed by atoms with E-state index in [1.807, 2.05) is 6.07 Å². The number of nitrogens with zero attached hydrogens (tertiary/aromatic N) is 1. The van der Waals surface area contributed by atoms with Crippen LogP contribution >= 0.6 is 0 Å². The Hall–Kier alpha value is -2.49. The average molecular weight is 433 g/mol. The first-order valence-electron chi connectivity index (χ1n) is 10.0. The molecule has 1 aromatic heterocycles. The van der Waals surface area contributed by atoms with Gasteiger partial charge in [-0.15, -0.1) is 0 Å². The first-order valence-corrected chi connectivity index (χ1v) is 11.5. The summed E-state index contributed by atoms with van der Waals surface area (Å²) in [6.45, 7) is 1.08. The van der Waals surface area contributed by atoms with Gasteiger partial charge in [-0.3, -0.25) is 4.98 Å². The van der Waals surface area contributed by atoms with Gasteiger partial charge in [-0.2, -0.15) is 0 Å². The summed E-state index contributed by atoms with van der Waals surface area (Å²) in [5, 5.41) is 5.42. The molecule has 0 radical (unpaired) electrons. The van der Waals surface area contributed by atoms with Crippen LogP contribution in [0.2, 0.25) is 0 Å². The van der Waals surface area contributed by atoms with Crippen molar-refractivity contribution in [1.29, 1.82) is 0 Å². The molecule has 0 saturated heterocycles. The quantitative estimate of drug-likeness (QED) is 0.594. The van der Waals surface area contributed by atoms with Crippen LogP contribution in [0.3, 0.4) is 0 Å². The second kappa shape index (κ2) is 10.5. The Labute approximate surface area is 177 Å². The number of methoxy groups -OCH3 is 1. The van der Waals surface area contributed by atoms with Crippen molar-refractivity contribution in [2.45, 2.75) is 43.2 Å². The number of sulfonamides is 1. The highest BCUT2D eigenvalue weighted by molar-refractivity contribution is 7.89. The number of carbonyl (C=O) groups is 1. The lowest BCUT2D eigenvalue weighted by atomic mass is 9.87. The van der Waals surface area contributed by atoms with E-state index in [9.17, 15) is 13.2 Å². The highest BCUT2D eigenvalue weighted by Gasteiger charge is 2.25. The van der Waals surface area contributed by atoms with Crippen LogP contribution in [-0.2, 0) is 21.3 Å². The third kappa shape index (κ3) is 6.51. The van der Waals surface area contributed by atoms with Crippen molar-refractivity contribution in [2.24, 2.45) is 5.92 Å². The summed E-state index contributed by atoms with van der Waals surface area (Å²) >= 11 is 0. The van der Waals surface area contributed by atoms with E-state index in [-0.39, 0.29) is 17.0 Å². The Morgan fingerprint density at radius 2 is 1.87 bits per heavy atom. The van der Waals surface area contributed by atoms with Gasteiger partial charge in [-0.05, 0) is 67.5 Å². The Morgan fingerprint density at radius 1 is 1.13 bits per heavy atom. The van der Waals surface area contributed by atoms with Crippen molar-refractivity contribution in [3.63, 3.8) is 0 Å². The minimum absolute atomic E-state index is 0.0563. The topological polar surface area (TPSA) is 109 Å². The summed E-state index contributed by atoms with van der Waals surface area (Å²) in [7, 11) is -1.91. The molecule has 30 heavy (non-hydrogen) atoms. The van der Waals surface area contributed by atoms with Crippen LogP contribution in [-0.4, -0.2) is 39.2 Å². The molecular weight excluding hydrogens is 404 g/mol. The van der Waals surface area contributed by atoms with Crippen LogP contribution in [0.4, 0.5) is 10.5 Å². The number of amides is 2. The number of rotatable bonds is 8. The molecule has 8 nitrogen and oxygen atoms in total. The van der Waals surface area contributed by atoms with Gasteiger partial charge in [0.15, 0.2) is 0 Å². The minimum Gasteiger partial charge on any atom is -0.384 e. The molecule has 9 heteroatoms. The van der Waals surface area contributed by atoms with E-state index in [1.165, 1.54) is 12.1 Å². The lowest BCUT2D eigenvalue weighted by Crippen LogP contribution is -2.38. The Kier molecular flexibility index (Phi) is 7.78. The second-order valence-corrected chi connectivity index (χ2v) is 9.20. The van der Waals surface area contributed by atoms with E-state index >= 15 is 0 Å². The standard InChI is InChI=1S/C21H28N4O4S/c1-29-15-16-4-6-19(7-5-16)25-30(27,28)20-10-8-18(9-11-20)24-21(26)23-14-17-3-2-12-22-13-17/h2-3,8-13,16,19,25H,4-7,14-15H2,1H3,(H2,23,24,26). The lowest BCUT2D eigenvalue weighted by Gasteiger charge is -2.28. The molecule has 0 spiro atoms. The summed E-state index contributed by atoms with van der Waals surface area (Å²) in [4.78, 5) is 16.2. The number of benzene rings is 1.